The van der Waals surface area contributed by atoms with Crippen molar-refractivity contribution in [1.82, 2.24) is 0 Å². The highest BCUT2D eigenvalue weighted by Crippen LogP contribution is 2.29. The Balaban J connectivity index is 1.71. The molecule has 1 fully saturated rings. The number of carbonyl (C=O) groups excluding carboxylic acids is 1. The van der Waals surface area contributed by atoms with Crippen molar-refractivity contribution in [3.8, 4) is 11.5 Å². The molecule has 8 heteroatoms. The molecule has 5 atom stereocenters. The first-order valence-electron chi connectivity index (χ1n) is 8.78. The van der Waals surface area contributed by atoms with Crippen molar-refractivity contribution in [3.05, 3.63) is 59.7 Å². The van der Waals surface area contributed by atoms with Crippen molar-refractivity contribution < 1.29 is 39.8 Å². The van der Waals surface area contributed by atoms with Gasteiger partial charge in [0, 0.05) is 12.5 Å². The molecule has 2 aromatic rings. The highest BCUT2D eigenvalue weighted by atomic mass is 16.7. The smallest absolute Gasteiger partial charge is 0.229 e. The number of aromatic hydroxyl groups is 1. The monoisotopic (exact) mass is 390 g/mol. The van der Waals surface area contributed by atoms with Crippen molar-refractivity contribution in [1.29, 1.82) is 0 Å². The molecular weight excluding hydrogens is 368 g/mol. The van der Waals surface area contributed by atoms with Gasteiger partial charge in [-0.05, 0) is 17.7 Å². The second-order valence-corrected chi connectivity index (χ2v) is 6.58. The number of rotatable bonds is 6. The predicted octanol–water partition coefficient (Wildman–Crippen LogP) is -0.00370. The predicted molar refractivity (Wildman–Crippen MR) is 97.0 cm³/mol. The summed E-state index contributed by atoms with van der Waals surface area (Å²) in [6.45, 7) is -0.580. The second-order valence-electron chi connectivity index (χ2n) is 6.58. The Morgan fingerprint density at radius 3 is 2.36 bits per heavy atom. The van der Waals surface area contributed by atoms with Crippen LogP contribution >= 0.6 is 0 Å². The zero-order chi connectivity index (χ0) is 20.3. The van der Waals surface area contributed by atoms with Gasteiger partial charge in [0.15, 0.2) is 5.78 Å². The van der Waals surface area contributed by atoms with Gasteiger partial charge in [0.2, 0.25) is 6.29 Å². The summed E-state index contributed by atoms with van der Waals surface area (Å²) >= 11 is 0. The van der Waals surface area contributed by atoms with Crippen LogP contribution in [0, 0.1) is 0 Å². The third-order valence-electron chi connectivity index (χ3n) is 4.58. The molecule has 3 rings (SSSR count). The Morgan fingerprint density at radius 1 is 1.00 bits per heavy atom. The molecule has 0 unspecified atom stereocenters. The van der Waals surface area contributed by atoms with E-state index in [1.807, 2.05) is 30.3 Å². The number of Topliss-reactive ketones (excluding diaryl/α,β-unsaturated/α-hetero) is 1. The van der Waals surface area contributed by atoms with Gasteiger partial charge in [0.25, 0.3) is 0 Å². The number of ketones is 1. The fourth-order valence-corrected chi connectivity index (χ4v) is 3.00. The minimum Gasteiger partial charge on any atom is -0.507 e. The first kappa shape index (κ1) is 20.2. The van der Waals surface area contributed by atoms with Gasteiger partial charge in [-0.3, -0.25) is 4.79 Å². The normalized spacial score (nSPS) is 27.4. The zero-order valence-electron chi connectivity index (χ0n) is 14.9. The third-order valence-corrected chi connectivity index (χ3v) is 4.58. The number of hydrogen-bond donors (Lipinski definition) is 5. The number of hydrogen-bond acceptors (Lipinski definition) is 8. The number of aliphatic hydroxyl groups is 4. The molecule has 0 aliphatic carbocycles. The zero-order valence-corrected chi connectivity index (χ0v) is 14.9. The fraction of sp³-hybridized carbons (Fsp3) is 0.350. The lowest BCUT2D eigenvalue weighted by molar-refractivity contribution is -0.277. The Kier molecular flexibility index (Phi) is 6.28. The van der Waals surface area contributed by atoms with Crippen LogP contribution in [0.15, 0.2) is 48.5 Å². The molecular formula is C20H22O8. The van der Waals surface area contributed by atoms with E-state index in [4.69, 9.17) is 9.47 Å². The molecule has 1 heterocycles. The molecule has 0 aromatic heterocycles. The SMILES string of the molecule is O=C(Cc1ccccc1)c1ccc(O[C@@H]2O[C@H](CO)[C@H](O)[C@H](O)[C@H]2O)cc1O. The molecule has 5 N–H and O–H groups in total. The number of phenolic OH excluding ortho intramolecular Hbond substituents is 1. The van der Waals surface area contributed by atoms with Gasteiger partial charge in [0.05, 0.1) is 12.2 Å². The number of phenols is 1. The summed E-state index contributed by atoms with van der Waals surface area (Å²) in [5.41, 5.74) is 0.929. The fourth-order valence-electron chi connectivity index (χ4n) is 3.00. The van der Waals surface area contributed by atoms with Crippen molar-refractivity contribution >= 4 is 5.78 Å². The summed E-state index contributed by atoms with van der Waals surface area (Å²) in [6, 6.07) is 13.1. The van der Waals surface area contributed by atoms with Crippen LogP contribution < -0.4 is 4.74 Å². The van der Waals surface area contributed by atoms with Crippen LogP contribution in [0.25, 0.3) is 0 Å². The van der Waals surface area contributed by atoms with Crippen LogP contribution in [-0.2, 0) is 11.2 Å². The highest BCUT2D eigenvalue weighted by molar-refractivity contribution is 6.00. The van der Waals surface area contributed by atoms with Crippen LogP contribution in [0.5, 0.6) is 11.5 Å². The molecule has 28 heavy (non-hydrogen) atoms. The van der Waals surface area contributed by atoms with Crippen molar-refractivity contribution in [3.63, 3.8) is 0 Å². The first-order chi connectivity index (χ1) is 13.4. The van der Waals surface area contributed by atoms with Gasteiger partial charge in [0.1, 0.15) is 35.9 Å². The molecule has 1 aliphatic heterocycles. The van der Waals surface area contributed by atoms with Crippen molar-refractivity contribution in [2.24, 2.45) is 0 Å². The van der Waals surface area contributed by atoms with E-state index in [0.717, 1.165) is 5.56 Å². The lowest BCUT2D eigenvalue weighted by Gasteiger charge is -2.39. The van der Waals surface area contributed by atoms with Crippen LogP contribution in [0.1, 0.15) is 15.9 Å². The molecule has 150 valence electrons. The topological polar surface area (TPSA) is 137 Å². The molecule has 0 radical (unpaired) electrons. The van der Waals surface area contributed by atoms with Gasteiger partial charge in [-0.1, -0.05) is 30.3 Å². The maximum atomic E-state index is 12.4. The van der Waals surface area contributed by atoms with Gasteiger partial charge < -0.3 is 35.0 Å². The van der Waals surface area contributed by atoms with E-state index in [0.29, 0.717) is 0 Å². The average molecular weight is 390 g/mol. The van der Waals surface area contributed by atoms with E-state index in [9.17, 15) is 30.3 Å². The lowest BCUT2D eigenvalue weighted by Crippen LogP contribution is -2.60. The summed E-state index contributed by atoms with van der Waals surface area (Å²) in [7, 11) is 0. The Hall–Kier alpha value is -2.49. The van der Waals surface area contributed by atoms with Crippen molar-refractivity contribution in [2.75, 3.05) is 6.61 Å². The largest absolute Gasteiger partial charge is 0.507 e. The standard InChI is InChI=1S/C20H22O8/c21-10-16-17(24)18(25)19(26)20(28-16)27-12-6-7-13(15(23)9-12)14(22)8-11-4-2-1-3-5-11/h1-7,9,16-21,23-26H,8,10H2/t16-,17+,18+,19-,20-/m1/s1. The summed E-state index contributed by atoms with van der Waals surface area (Å²) in [5.74, 6) is -0.496. The molecule has 1 aliphatic rings. The molecule has 0 bridgehead atoms. The third kappa shape index (κ3) is 4.32. The molecule has 0 amide bonds. The minimum atomic E-state index is -1.57. The second kappa shape index (κ2) is 8.68. The van der Waals surface area contributed by atoms with Crippen LogP contribution in [-0.4, -0.2) is 68.6 Å². The Morgan fingerprint density at radius 2 is 1.71 bits per heavy atom. The van der Waals surface area contributed by atoms with Crippen LogP contribution in [0.3, 0.4) is 0 Å². The van der Waals surface area contributed by atoms with E-state index in [1.54, 1.807) is 0 Å². The van der Waals surface area contributed by atoms with Gasteiger partial charge >= 0.3 is 0 Å². The lowest BCUT2D eigenvalue weighted by atomic mass is 9.99. The maximum absolute atomic E-state index is 12.4. The Bertz CT molecular complexity index is 807. The number of benzene rings is 2. The summed E-state index contributed by atoms with van der Waals surface area (Å²) in [6.07, 6.45) is -6.99. The van der Waals surface area contributed by atoms with E-state index in [1.165, 1.54) is 18.2 Å². The summed E-state index contributed by atoms with van der Waals surface area (Å²) in [5, 5.41) is 49.0. The highest BCUT2D eigenvalue weighted by Gasteiger charge is 2.44. The van der Waals surface area contributed by atoms with Gasteiger partial charge in [-0.25, -0.2) is 0 Å². The number of aliphatic hydroxyl groups excluding tert-OH is 4. The number of ether oxygens (including phenoxy) is 2. The average Bonchev–Trinajstić information content (AvgIpc) is 2.69. The summed E-state index contributed by atoms with van der Waals surface area (Å²) in [4.78, 5) is 12.4. The van der Waals surface area contributed by atoms with Crippen molar-refractivity contribution in [2.45, 2.75) is 37.1 Å². The first-order valence-corrected chi connectivity index (χ1v) is 8.78. The van der Waals surface area contributed by atoms with Crippen LogP contribution in [0.4, 0.5) is 0 Å². The van der Waals surface area contributed by atoms with E-state index >= 15 is 0 Å². The molecule has 1 saturated heterocycles. The van der Waals surface area contributed by atoms with E-state index < -0.39 is 37.3 Å². The van der Waals surface area contributed by atoms with Gasteiger partial charge in [-0.15, -0.1) is 0 Å². The van der Waals surface area contributed by atoms with E-state index in [2.05, 4.69) is 0 Å². The van der Waals surface area contributed by atoms with Gasteiger partial charge in [-0.2, -0.15) is 0 Å². The molecule has 0 saturated carbocycles. The number of carbonyl (C=O) groups is 1. The maximum Gasteiger partial charge on any atom is 0.229 e. The minimum absolute atomic E-state index is 0.0816. The molecule has 8 nitrogen and oxygen atoms in total. The van der Waals surface area contributed by atoms with E-state index in [-0.39, 0.29) is 29.3 Å². The van der Waals surface area contributed by atoms with Crippen LogP contribution in [0.2, 0.25) is 0 Å². The molecule has 2 aromatic carbocycles. The molecule has 0 spiro atoms. The Labute approximate surface area is 161 Å². The summed E-state index contributed by atoms with van der Waals surface area (Å²) < 4.78 is 10.7. The quantitative estimate of drug-likeness (QED) is 0.435.